The molecule has 0 saturated heterocycles. The lowest BCUT2D eigenvalue weighted by molar-refractivity contribution is 0.429. The van der Waals surface area contributed by atoms with E-state index in [1.807, 2.05) is 25.1 Å². The van der Waals surface area contributed by atoms with Crippen LogP contribution >= 0.6 is 0 Å². The largest absolute Gasteiger partial charge is 0.453 e. The molecule has 9 heteroatoms. The summed E-state index contributed by atoms with van der Waals surface area (Å²) in [4.78, 5) is 6.99. The number of halogens is 2. The zero-order valence-corrected chi connectivity index (χ0v) is 22.4. The van der Waals surface area contributed by atoms with Crippen LogP contribution in [0.25, 0.3) is 16.6 Å². The predicted molar refractivity (Wildman–Crippen MR) is 152 cm³/mol. The molecule has 4 rings (SSSR count). The predicted octanol–water partition coefficient (Wildman–Crippen LogP) is 6.89. The van der Waals surface area contributed by atoms with Crippen molar-refractivity contribution in [2.45, 2.75) is 30.7 Å². The Morgan fingerprint density at radius 1 is 1.15 bits per heavy atom. The Balaban J connectivity index is 1.59. The number of rotatable bonds is 10. The molecule has 0 radical (unpaired) electrons. The molecule has 0 aliphatic carbocycles. The van der Waals surface area contributed by atoms with Crippen molar-refractivity contribution in [3.8, 4) is 11.5 Å². The molecule has 1 unspecified atom stereocenters. The fourth-order valence-corrected chi connectivity index (χ4v) is 5.25. The molecule has 0 saturated carbocycles. The summed E-state index contributed by atoms with van der Waals surface area (Å²) in [7, 11) is -3.87. The summed E-state index contributed by atoms with van der Waals surface area (Å²) in [5.74, 6) is -1.97. The number of aryl methyl sites for hydroxylation is 1. The number of hydrogen-bond acceptors (Lipinski definition) is 5. The number of sulfone groups is 1. The number of hydrogen-bond donors (Lipinski definition) is 2. The number of aromatic amines is 1. The molecular weight excluding hydrogens is 520 g/mol. The van der Waals surface area contributed by atoms with E-state index in [0.29, 0.717) is 5.52 Å². The van der Waals surface area contributed by atoms with Gasteiger partial charge in [-0.2, -0.15) is 0 Å². The van der Waals surface area contributed by atoms with Crippen molar-refractivity contribution >= 4 is 32.7 Å². The summed E-state index contributed by atoms with van der Waals surface area (Å²) in [5, 5.41) is 0.284. The molecule has 0 amide bonds. The summed E-state index contributed by atoms with van der Waals surface area (Å²) in [5.41, 5.74) is 8.74. The second kappa shape index (κ2) is 11.7. The molecule has 0 bridgehead atoms. The van der Waals surface area contributed by atoms with Gasteiger partial charge >= 0.3 is 0 Å². The number of H-pyrrole nitrogens is 1. The van der Waals surface area contributed by atoms with Gasteiger partial charge in [0.05, 0.1) is 6.04 Å². The number of aliphatic imine (C=N–C) groups is 1. The SMILES string of the molecule is C=CCCc1cccc(C(C)N=C/C=C(\N)c2cc(Oc3c(F)cc4[nH]ccc4c3S(C)(=O)=O)ccc2F)c1. The monoisotopic (exact) mass is 549 g/mol. The topological polar surface area (TPSA) is 97.5 Å². The van der Waals surface area contributed by atoms with Crippen LogP contribution in [0.15, 0.2) is 89.4 Å². The van der Waals surface area contributed by atoms with E-state index in [1.165, 1.54) is 42.3 Å². The Labute approximate surface area is 226 Å². The first-order valence-electron chi connectivity index (χ1n) is 12.2. The Morgan fingerprint density at radius 3 is 2.69 bits per heavy atom. The number of nitrogens with zero attached hydrogens (tertiary/aromatic N) is 1. The van der Waals surface area contributed by atoms with E-state index in [1.54, 1.807) is 0 Å². The Kier molecular flexibility index (Phi) is 8.30. The van der Waals surface area contributed by atoms with E-state index in [0.717, 1.165) is 36.8 Å². The van der Waals surface area contributed by atoms with Crippen LogP contribution in [0.3, 0.4) is 0 Å². The second-order valence-corrected chi connectivity index (χ2v) is 11.1. The van der Waals surface area contributed by atoms with Gasteiger partial charge in [0.15, 0.2) is 21.4 Å². The third kappa shape index (κ3) is 6.43. The van der Waals surface area contributed by atoms with Crippen molar-refractivity contribution in [3.05, 3.63) is 108 Å². The lowest BCUT2D eigenvalue weighted by Crippen LogP contribution is -2.04. The average Bonchev–Trinajstić information content (AvgIpc) is 3.35. The van der Waals surface area contributed by atoms with E-state index in [9.17, 15) is 17.2 Å². The van der Waals surface area contributed by atoms with Crippen LogP contribution in [0.4, 0.5) is 8.78 Å². The number of fused-ring (bicyclic) bond motifs is 1. The summed E-state index contributed by atoms with van der Waals surface area (Å²) < 4.78 is 60.3. The van der Waals surface area contributed by atoms with E-state index in [4.69, 9.17) is 10.5 Å². The van der Waals surface area contributed by atoms with E-state index in [-0.39, 0.29) is 33.3 Å². The van der Waals surface area contributed by atoms with E-state index in [2.05, 4.69) is 28.7 Å². The molecule has 3 aromatic carbocycles. The van der Waals surface area contributed by atoms with Crippen molar-refractivity contribution in [2.75, 3.05) is 6.26 Å². The highest BCUT2D eigenvalue weighted by Gasteiger charge is 2.24. The highest BCUT2D eigenvalue weighted by atomic mass is 32.2. The molecular formula is C30H29F2N3O3S. The standard InChI is InChI=1S/C30H29F2N3O3S/c1-4-5-7-20-8-6-9-21(16-20)19(2)34-15-13-27(33)24-17-22(10-11-25(24)31)38-29-26(32)18-28-23(12-14-35-28)30(29)39(3,36)37/h4,6,8-19,35H,1,5,7,33H2,2-3H3/b27-13-,34-15?. The van der Waals surface area contributed by atoms with Crippen LogP contribution in [0, 0.1) is 11.6 Å². The quantitative estimate of drug-likeness (QED) is 0.166. The molecule has 0 aliphatic heterocycles. The summed E-state index contributed by atoms with van der Waals surface area (Å²) in [6.45, 7) is 5.70. The number of aromatic nitrogens is 1. The highest BCUT2D eigenvalue weighted by Crippen LogP contribution is 2.38. The van der Waals surface area contributed by atoms with Gasteiger partial charge < -0.3 is 15.5 Å². The minimum absolute atomic E-state index is 0.00191. The third-order valence-electron chi connectivity index (χ3n) is 6.19. The number of nitrogens with one attached hydrogen (secondary N) is 1. The van der Waals surface area contributed by atoms with Crippen molar-refractivity contribution in [3.63, 3.8) is 0 Å². The van der Waals surface area contributed by atoms with Crippen LogP contribution in [-0.2, 0) is 16.3 Å². The zero-order chi connectivity index (χ0) is 28.2. The van der Waals surface area contributed by atoms with Gasteiger partial charge in [-0.1, -0.05) is 30.3 Å². The van der Waals surface area contributed by atoms with Gasteiger partial charge in [0.2, 0.25) is 0 Å². The van der Waals surface area contributed by atoms with Gasteiger partial charge in [-0.3, -0.25) is 4.99 Å². The van der Waals surface area contributed by atoms with Crippen LogP contribution in [0.2, 0.25) is 0 Å². The van der Waals surface area contributed by atoms with Crippen LogP contribution in [0.1, 0.15) is 36.1 Å². The molecule has 6 nitrogen and oxygen atoms in total. The van der Waals surface area contributed by atoms with Gasteiger partial charge in [-0.15, -0.1) is 6.58 Å². The molecule has 3 N–H and O–H groups in total. The average molecular weight is 550 g/mol. The lowest BCUT2D eigenvalue weighted by atomic mass is 10.0. The third-order valence-corrected chi connectivity index (χ3v) is 7.34. The normalized spacial score (nSPS) is 13.2. The van der Waals surface area contributed by atoms with Gasteiger partial charge in [0.25, 0.3) is 0 Å². The number of nitrogens with two attached hydrogens (primary N) is 1. The second-order valence-electron chi connectivity index (χ2n) is 9.14. The van der Waals surface area contributed by atoms with Gasteiger partial charge in [-0.25, -0.2) is 17.2 Å². The van der Waals surface area contributed by atoms with Crippen molar-refractivity contribution in [2.24, 2.45) is 10.7 Å². The molecule has 39 heavy (non-hydrogen) atoms. The van der Waals surface area contributed by atoms with Crippen LogP contribution in [0.5, 0.6) is 11.5 Å². The Bertz CT molecular complexity index is 1690. The molecule has 1 atom stereocenters. The maximum atomic E-state index is 14.9. The zero-order valence-electron chi connectivity index (χ0n) is 21.6. The fourth-order valence-electron chi connectivity index (χ4n) is 4.20. The van der Waals surface area contributed by atoms with Gasteiger partial charge in [-0.05, 0) is 61.2 Å². The smallest absolute Gasteiger partial charge is 0.182 e. The minimum atomic E-state index is -3.87. The Hall–Kier alpha value is -4.24. The van der Waals surface area contributed by atoms with Crippen LogP contribution in [-0.4, -0.2) is 25.9 Å². The molecule has 0 aliphatic rings. The fraction of sp³-hybridized carbons (Fsp3) is 0.167. The molecule has 0 spiro atoms. The molecule has 4 aromatic rings. The maximum Gasteiger partial charge on any atom is 0.182 e. The molecule has 1 heterocycles. The van der Waals surface area contributed by atoms with Crippen molar-refractivity contribution < 1.29 is 21.9 Å². The number of benzene rings is 3. The van der Waals surface area contributed by atoms with Crippen LogP contribution < -0.4 is 10.5 Å². The van der Waals surface area contributed by atoms with E-state index < -0.39 is 27.2 Å². The minimum Gasteiger partial charge on any atom is -0.453 e. The highest BCUT2D eigenvalue weighted by molar-refractivity contribution is 7.91. The Morgan fingerprint density at radius 2 is 1.95 bits per heavy atom. The van der Waals surface area contributed by atoms with Crippen molar-refractivity contribution in [1.82, 2.24) is 4.98 Å². The van der Waals surface area contributed by atoms with Gasteiger partial charge in [0, 0.05) is 46.9 Å². The first kappa shape index (κ1) is 27.8. The molecule has 0 fully saturated rings. The lowest BCUT2D eigenvalue weighted by Gasteiger charge is -2.14. The number of ether oxygens (including phenoxy) is 1. The summed E-state index contributed by atoms with van der Waals surface area (Å²) in [6, 6.07) is 14.3. The van der Waals surface area contributed by atoms with Crippen molar-refractivity contribution in [1.29, 1.82) is 0 Å². The first-order valence-corrected chi connectivity index (χ1v) is 14.1. The number of allylic oxidation sites excluding steroid dienone is 2. The first-order chi connectivity index (χ1) is 18.6. The summed E-state index contributed by atoms with van der Waals surface area (Å²) >= 11 is 0. The van der Waals surface area contributed by atoms with Gasteiger partial charge in [0.1, 0.15) is 16.5 Å². The summed E-state index contributed by atoms with van der Waals surface area (Å²) in [6.07, 6.45) is 9.11. The molecule has 1 aromatic heterocycles. The molecule has 202 valence electrons. The van der Waals surface area contributed by atoms with E-state index >= 15 is 0 Å². The maximum absolute atomic E-state index is 14.9.